The van der Waals surface area contributed by atoms with Crippen molar-refractivity contribution in [2.45, 2.75) is 10.8 Å². The Morgan fingerprint density at radius 2 is 2.43 bits per heavy atom. The molecule has 14 heavy (non-hydrogen) atoms. The number of H-pyrrole nitrogens is 1. The number of nitrogens with one attached hydrogen (secondary N) is 1. The molecule has 0 fully saturated rings. The van der Waals surface area contributed by atoms with Gasteiger partial charge in [0.1, 0.15) is 5.01 Å². The number of aromatic nitrogens is 3. The van der Waals surface area contributed by atoms with Crippen LogP contribution in [0.2, 0.25) is 0 Å². The fourth-order valence-corrected chi connectivity index (χ4v) is 2.35. The first-order valence-corrected chi connectivity index (χ1v) is 5.73. The number of rotatable bonds is 3. The fraction of sp³-hybridized carbons (Fsp3) is 0.125. The van der Waals surface area contributed by atoms with E-state index in [-0.39, 0.29) is 4.87 Å². The molecule has 72 valence electrons. The molecule has 0 aliphatic heterocycles. The molecule has 6 heteroatoms. The van der Waals surface area contributed by atoms with Gasteiger partial charge in [0, 0.05) is 6.20 Å². The summed E-state index contributed by atoms with van der Waals surface area (Å²) in [6, 6.07) is 5.74. The average molecular weight is 225 g/mol. The Hall–Kier alpha value is -1.14. The van der Waals surface area contributed by atoms with Gasteiger partial charge in [-0.1, -0.05) is 29.2 Å². The third-order valence-electron chi connectivity index (χ3n) is 1.46. The van der Waals surface area contributed by atoms with Gasteiger partial charge in [0.2, 0.25) is 0 Å². The van der Waals surface area contributed by atoms with Gasteiger partial charge in [-0.25, -0.2) is 10.1 Å². The summed E-state index contributed by atoms with van der Waals surface area (Å²) in [7, 11) is 0. The lowest BCUT2D eigenvalue weighted by atomic mass is 10.5. The third-order valence-corrected chi connectivity index (χ3v) is 3.35. The second kappa shape index (κ2) is 4.39. The summed E-state index contributed by atoms with van der Waals surface area (Å²) in [4.78, 5) is 14.8. The Morgan fingerprint density at radius 3 is 3.07 bits per heavy atom. The molecule has 0 saturated heterocycles. The highest BCUT2D eigenvalue weighted by atomic mass is 32.2. The Kier molecular flexibility index (Phi) is 2.95. The third kappa shape index (κ3) is 2.43. The van der Waals surface area contributed by atoms with Crippen molar-refractivity contribution in [1.82, 2.24) is 15.2 Å². The normalized spacial score (nSPS) is 10.3. The van der Waals surface area contributed by atoms with E-state index in [4.69, 9.17) is 0 Å². The predicted octanol–water partition coefficient (Wildman–Crippen LogP) is 1.52. The number of pyridine rings is 1. The Morgan fingerprint density at radius 1 is 1.50 bits per heavy atom. The lowest BCUT2D eigenvalue weighted by Crippen LogP contribution is -1.90. The van der Waals surface area contributed by atoms with E-state index in [9.17, 15) is 4.79 Å². The zero-order valence-electron chi connectivity index (χ0n) is 7.14. The Bertz CT molecular complexity index is 451. The van der Waals surface area contributed by atoms with Gasteiger partial charge >= 0.3 is 4.87 Å². The number of thioether (sulfide) groups is 1. The van der Waals surface area contributed by atoms with Gasteiger partial charge in [-0.15, -0.1) is 0 Å². The van der Waals surface area contributed by atoms with Crippen LogP contribution in [0.25, 0.3) is 0 Å². The van der Waals surface area contributed by atoms with E-state index in [0.29, 0.717) is 5.75 Å². The highest BCUT2D eigenvalue weighted by molar-refractivity contribution is 7.98. The molecule has 0 aromatic carbocycles. The monoisotopic (exact) mass is 225 g/mol. The molecule has 0 spiro atoms. The zero-order chi connectivity index (χ0) is 9.80. The number of nitrogens with zero attached hydrogens (tertiary/aromatic N) is 2. The Labute approximate surface area is 88.4 Å². The molecule has 0 radical (unpaired) electrons. The van der Waals surface area contributed by atoms with Gasteiger partial charge in [0.05, 0.1) is 10.8 Å². The first-order valence-electron chi connectivity index (χ1n) is 3.93. The maximum atomic E-state index is 10.8. The van der Waals surface area contributed by atoms with Crippen molar-refractivity contribution in [3.8, 4) is 0 Å². The van der Waals surface area contributed by atoms with Crippen LogP contribution in [0.5, 0.6) is 0 Å². The Balaban J connectivity index is 1.98. The van der Waals surface area contributed by atoms with Crippen LogP contribution in [0.1, 0.15) is 5.01 Å². The standard InChI is InChI=1S/C8H7N3OS2/c12-8-11-10-7(14-8)5-13-6-3-1-2-4-9-6/h1-4H,5H2,(H,11,12). The molecule has 0 amide bonds. The van der Waals surface area contributed by atoms with Crippen LogP contribution >= 0.6 is 23.1 Å². The van der Waals surface area contributed by atoms with Gasteiger partial charge < -0.3 is 0 Å². The van der Waals surface area contributed by atoms with Crippen molar-refractivity contribution in [2.75, 3.05) is 0 Å². The summed E-state index contributed by atoms with van der Waals surface area (Å²) in [5, 5.41) is 7.98. The van der Waals surface area contributed by atoms with Crippen LogP contribution in [0.4, 0.5) is 0 Å². The number of aromatic amines is 1. The van der Waals surface area contributed by atoms with Gasteiger partial charge in [-0.3, -0.25) is 4.79 Å². The molecule has 2 aromatic heterocycles. The zero-order valence-corrected chi connectivity index (χ0v) is 8.77. The summed E-state index contributed by atoms with van der Waals surface area (Å²) < 4.78 is 0. The second-order valence-electron chi connectivity index (χ2n) is 2.46. The SMILES string of the molecule is O=c1[nH]nc(CSc2ccccn2)s1. The number of hydrogen-bond acceptors (Lipinski definition) is 5. The van der Waals surface area contributed by atoms with Gasteiger partial charge in [-0.05, 0) is 12.1 Å². The van der Waals surface area contributed by atoms with Crippen LogP contribution in [-0.4, -0.2) is 15.2 Å². The van der Waals surface area contributed by atoms with E-state index in [1.54, 1.807) is 18.0 Å². The fourth-order valence-electron chi connectivity index (χ4n) is 0.891. The molecule has 0 aliphatic carbocycles. The molecule has 2 heterocycles. The lowest BCUT2D eigenvalue weighted by Gasteiger charge is -1.95. The van der Waals surface area contributed by atoms with Crippen molar-refractivity contribution in [3.05, 3.63) is 39.1 Å². The molecular weight excluding hydrogens is 218 g/mol. The summed E-state index contributed by atoms with van der Waals surface area (Å²) in [6.45, 7) is 0. The largest absolute Gasteiger partial charge is 0.322 e. The minimum absolute atomic E-state index is 0.110. The number of hydrogen-bond donors (Lipinski definition) is 1. The van der Waals surface area contributed by atoms with Crippen molar-refractivity contribution in [1.29, 1.82) is 0 Å². The van der Waals surface area contributed by atoms with Crippen molar-refractivity contribution < 1.29 is 0 Å². The molecule has 0 aliphatic rings. The molecule has 4 nitrogen and oxygen atoms in total. The summed E-state index contributed by atoms with van der Waals surface area (Å²) in [5.41, 5.74) is 0. The summed E-state index contributed by atoms with van der Waals surface area (Å²) >= 11 is 2.70. The molecule has 0 unspecified atom stereocenters. The molecule has 2 aromatic rings. The minimum atomic E-state index is -0.110. The topological polar surface area (TPSA) is 58.6 Å². The average Bonchev–Trinajstić information content (AvgIpc) is 2.63. The quantitative estimate of drug-likeness (QED) is 0.805. The van der Waals surface area contributed by atoms with Gasteiger partial charge in [-0.2, -0.15) is 5.10 Å². The smallest absolute Gasteiger partial charge is 0.255 e. The second-order valence-corrected chi connectivity index (χ2v) is 4.51. The summed E-state index contributed by atoms with van der Waals surface area (Å²) in [6.07, 6.45) is 1.75. The summed E-state index contributed by atoms with van der Waals surface area (Å²) in [5.74, 6) is 0.681. The van der Waals surface area contributed by atoms with Crippen molar-refractivity contribution in [3.63, 3.8) is 0 Å². The predicted molar refractivity (Wildman–Crippen MR) is 56.5 cm³/mol. The minimum Gasteiger partial charge on any atom is -0.255 e. The first kappa shape index (κ1) is 9.42. The highest BCUT2D eigenvalue weighted by Crippen LogP contribution is 2.19. The molecule has 1 N–H and O–H groups in total. The molecule has 2 rings (SSSR count). The maximum Gasteiger partial charge on any atom is 0.322 e. The van der Waals surface area contributed by atoms with E-state index < -0.39 is 0 Å². The molecule has 0 saturated carbocycles. The van der Waals surface area contributed by atoms with E-state index in [1.807, 2.05) is 18.2 Å². The van der Waals surface area contributed by atoms with E-state index >= 15 is 0 Å². The van der Waals surface area contributed by atoms with Gasteiger partial charge in [0.25, 0.3) is 0 Å². The van der Waals surface area contributed by atoms with Crippen LogP contribution in [-0.2, 0) is 5.75 Å². The van der Waals surface area contributed by atoms with E-state index in [2.05, 4.69) is 15.2 Å². The van der Waals surface area contributed by atoms with Gasteiger partial charge in [0.15, 0.2) is 0 Å². The van der Waals surface area contributed by atoms with Crippen LogP contribution in [0.3, 0.4) is 0 Å². The molecule has 0 bridgehead atoms. The highest BCUT2D eigenvalue weighted by Gasteiger charge is 2.00. The van der Waals surface area contributed by atoms with Crippen molar-refractivity contribution in [2.24, 2.45) is 0 Å². The molecular formula is C8H7N3OS2. The lowest BCUT2D eigenvalue weighted by molar-refractivity contribution is 1.01. The van der Waals surface area contributed by atoms with Crippen LogP contribution < -0.4 is 4.87 Å². The van der Waals surface area contributed by atoms with E-state index in [0.717, 1.165) is 21.4 Å². The first-order chi connectivity index (χ1) is 6.84. The van der Waals surface area contributed by atoms with E-state index in [1.165, 1.54) is 0 Å². The molecule has 0 atom stereocenters. The van der Waals surface area contributed by atoms with Crippen molar-refractivity contribution >= 4 is 23.1 Å². The maximum absolute atomic E-state index is 10.8. The van der Waals surface area contributed by atoms with Crippen LogP contribution in [0.15, 0.2) is 34.2 Å². The van der Waals surface area contributed by atoms with Crippen LogP contribution in [0, 0.1) is 0 Å².